The van der Waals surface area contributed by atoms with Crippen LogP contribution >= 0.6 is 11.6 Å². The first-order valence-electron chi connectivity index (χ1n) is 5.56. The van der Waals surface area contributed by atoms with Crippen molar-refractivity contribution in [2.24, 2.45) is 0 Å². The number of halogens is 1. The Balaban J connectivity index is 2.14. The number of rotatable bonds is 3. The summed E-state index contributed by atoms with van der Waals surface area (Å²) in [6.45, 7) is 4.12. The fourth-order valence-electron chi connectivity index (χ4n) is 1.85. The van der Waals surface area contributed by atoms with Gasteiger partial charge in [0.25, 0.3) is 0 Å². The zero-order valence-electron chi connectivity index (χ0n) is 9.96. The predicted molar refractivity (Wildman–Crippen MR) is 65.5 cm³/mol. The van der Waals surface area contributed by atoms with Crippen LogP contribution in [0, 0.1) is 0 Å². The normalized spacial score (nSPS) is 18.8. The Bertz CT molecular complexity index is 394. The van der Waals surface area contributed by atoms with Crippen LogP contribution in [0.4, 0.5) is 5.95 Å². The number of hydrogen-bond donors (Lipinski definition) is 2. The summed E-state index contributed by atoms with van der Waals surface area (Å²) >= 11 is 5.80. The average molecular weight is 258 g/mol. The van der Waals surface area contributed by atoms with E-state index in [0.29, 0.717) is 5.95 Å². The van der Waals surface area contributed by atoms with E-state index in [1.165, 1.54) is 7.11 Å². The second kappa shape index (κ2) is 5.01. The van der Waals surface area contributed by atoms with Crippen LogP contribution in [0.3, 0.4) is 0 Å². The average Bonchev–Trinajstić information content (AvgIpc) is 2.28. The van der Waals surface area contributed by atoms with Crippen molar-refractivity contribution < 1.29 is 4.74 Å². The molecule has 1 aromatic heterocycles. The maximum atomic E-state index is 5.80. The summed E-state index contributed by atoms with van der Waals surface area (Å²) in [5.74, 6) is 0.464. The van der Waals surface area contributed by atoms with Crippen LogP contribution in [0.5, 0.6) is 6.01 Å². The van der Waals surface area contributed by atoms with Gasteiger partial charge in [-0.3, -0.25) is 0 Å². The first-order chi connectivity index (χ1) is 8.11. The van der Waals surface area contributed by atoms with Crippen LogP contribution in [0.2, 0.25) is 5.28 Å². The smallest absolute Gasteiger partial charge is 0.322 e. The van der Waals surface area contributed by atoms with E-state index in [9.17, 15) is 0 Å². The van der Waals surface area contributed by atoms with E-state index >= 15 is 0 Å². The minimum atomic E-state index is -0.0130. The van der Waals surface area contributed by atoms with Crippen LogP contribution in [0.15, 0.2) is 0 Å². The summed E-state index contributed by atoms with van der Waals surface area (Å²) in [5, 5.41) is 6.76. The van der Waals surface area contributed by atoms with Gasteiger partial charge in [0.2, 0.25) is 11.2 Å². The molecule has 1 aliphatic rings. The maximum absolute atomic E-state index is 5.80. The molecule has 0 bridgehead atoms. The molecule has 0 radical (unpaired) electrons. The highest BCUT2D eigenvalue weighted by molar-refractivity contribution is 6.28. The molecule has 0 aromatic carbocycles. The van der Waals surface area contributed by atoms with E-state index < -0.39 is 0 Å². The van der Waals surface area contributed by atoms with Crippen LogP contribution < -0.4 is 15.4 Å². The molecule has 0 aliphatic carbocycles. The van der Waals surface area contributed by atoms with Crippen molar-refractivity contribution in [1.29, 1.82) is 0 Å². The van der Waals surface area contributed by atoms with Crippen LogP contribution in [0.1, 0.15) is 19.8 Å². The van der Waals surface area contributed by atoms with E-state index in [-0.39, 0.29) is 16.8 Å². The number of ether oxygens (including phenoxy) is 1. The number of hydrogen-bond acceptors (Lipinski definition) is 6. The molecule has 1 fully saturated rings. The highest BCUT2D eigenvalue weighted by Crippen LogP contribution is 2.22. The number of anilines is 1. The third-order valence-corrected chi connectivity index (χ3v) is 3.06. The molecule has 0 atom stereocenters. The number of methoxy groups -OCH3 is 1. The molecule has 2 rings (SSSR count). The Morgan fingerprint density at radius 3 is 2.65 bits per heavy atom. The fourth-order valence-corrected chi connectivity index (χ4v) is 2.00. The van der Waals surface area contributed by atoms with Crippen molar-refractivity contribution in [3.05, 3.63) is 5.28 Å². The zero-order valence-corrected chi connectivity index (χ0v) is 10.7. The van der Waals surface area contributed by atoms with Gasteiger partial charge in [-0.15, -0.1) is 0 Å². The minimum absolute atomic E-state index is 0.0130. The number of nitrogens with zero attached hydrogens (tertiary/aromatic N) is 3. The fraction of sp³-hybridized carbons (Fsp3) is 0.700. The lowest BCUT2D eigenvalue weighted by Crippen LogP contribution is -2.45. The van der Waals surface area contributed by atoms with Crippen molar-refractivity contribution in [3.63, 3.8) is 0 Å². The molecule has 94 valence electrons. The highest BCUT2D eigenvalue weighted by atomic mass is 35.5. The van der Waals surface area contributed by atoms with Crippen molar-refractivity contribution >= 4 is 17.5 Å². The lowest BCUT2D eigenvalue weighted by atomic mass is 9.91. The van der Waals surface area contributed by atoms with E-state index in [4.69, 9.17) is 16.3 Å². The van der Waals surface area contributed by atoms with E-state index in [1.54, 1.807) is 0 Å². The molecule has 2 N–H and O–H groups in total. The molecule has 0 amide bonds. The van der Waals surface area contributed by atoms with Gasteiger partial charge in [0.15, 0.2) is 0 Å². The van der Waals surface area contributed by atoms with Gasteiger partial charge in [0.1, 0.15) is 0 Å². The second-order valence-corrected chi connectivity index (χ2v) is 4.69. The molecule has 6 nitrogen and oxygen atoms in total. The standard InChI is InChI=1S/C10H16ClN5O/c1-10(3-5-12-6-4-10)16-8-13-7(11)14-9(15-8)17-2/h12H,3-6H2,1-2H3,(H,13,14,15,16). The first kappa shape index (κ1) is 12.3. The Hall–Kier alpha value is -1.14. The topological polar surface area (TPSA) is 72.0 Å². The quantitative estimate of drug-likeness (QED) is 0.845. The summed E-state index contributed by atoms with van der Waals surface area (Å²) < 4.78 is 4.96. The van der Waals surface area contributed by atoms with Crippen LogP contribution in [-0.2, 0) is 0 Å². The summed E-state index contributed by atoms with van der Waals surface area (Å²) in [6.07, 6.45) is 2.03. The van der Waals surface area contributed by atoms with Gasteiger partial charge >= 0.3 is 6.01 Å². The van der Waals surface area contributed by atoms with Crippen molar-refractivity contribution in [2.75, 3.05) is 25.5 Å². The molecule has 1 saturated heterocycles. The third-order valence-electron chi connectivity index (χ3n) is 2.89. The van der Waals surface area contributed by atoms with Crippen LogP contribution in [0.25, 0.3) is 0 Å². The monoisotopic (exact) mass is 257 g/mol. The maximum Gasteiger partial charge on any atom is 0.322 e. The van der Waals surface area contributed by atoms with Gasteiger partial charge in [-0.1, -0.05) is 0 Å². The van der Waals surface area contributed by atoms with Gasteiger partial charge in [-0.05, 0) is 44.5 Å². The van der Waals surface area contributed by atoms with Gasteiger partial charge in [0.05, 0.1) is 7.11 Å². The molecule has 0 unspecified atom stereocenters. The van der Waals surface area contributed by atoms with E-state index in [0.717, 1.165) is 25.9 Å². The lowest BCUT2D eigenvalue weighted by Gasteiger charge is -2.34. The molecule has 0 spiro atoms. The summed E-state index contributed by atoms with van der Waals surface area (Å²) in [6, 6.07) is 0.227. The van der Waals surface area contributed by atoms with Crippen molar-refractivity contribution in [2.45, 2.75) is 25.3 Å². The highest BCUT2D eigenvalue weighted by Gasteiger charge is 2.27. The Kier molecular flexibility index (Phi) is 3.63. The van der Waals surface area contributed by atoms with Crippen molar-refractivity contribution in [1.82, 2.24) is 20.3 Å². The molecule has 1 aliphatic heterocycles. The summed E-state index contributed by atoms with van der Waals surface area (Å²) in [4.78, 5) is 12.0. The van der Waals surface area contributed by atoms with Gasteiger partial charge in [0, 0.05) is 5.54 Å². The second-order valence-electron chi connectivity index (χ2n) is 4.35. The minimum Gasteiger partial charge on any atom is -0.467 e. The molecular formula is C10H16ClN5O. The van der Waals surface area contributed by atoms with Crippen LogP contribution in [-0.4, -0.2) is 40.7 Å². The van der Waals surface area contributed by atoms with Gasteiger partial charge in [-0.2, -0.15) is 15.0 Å². The van der Waals surface area contributed by atoms with Gasteiger partial charge in [-0.25, -0.2) is 0 Å². The molecule has 1 aromatic rings. The van der Waals surface area contributed by atoms with E-state index in [2.05, 4.69) is 32.5 Å². The summed E-state index contributed by atoms with van der Waals surface area (Å²) in [7, 11) is 1.50. The SMILES string of the molecule is COc1nc(Cl)nc(NC2(C)CCNCC2)n1. The Morgan fingerprint density at radius 1 is 1.29 bits per heavy atom. The summed E-state index contributed by atoms with van der Waals surface area (Å²) in [5.41, 5.74) is -0.0130. The lowest BCUT2D eigenvalue weighted by molar-refractivity contribution is 0.358. The molecule has 17 heavy (non-hydrogen) atoms. The van der Waals surface area contributed by atoms with Gasteiger partial charge < -0.3 is 15.4 Å². The predicted octanol–water partition coefficient (Wildman–Crippen LogP) is 1.09. The zero-order chi connectivity index (χ0) is 12.3. The first-order valence-corrected chi connectivity index (χ1v) is 5.94. The molecule has 2 heterocycles. The molecular weight excluding hydrogens is 242 g/mol. The number of aromatic nitrogens is 3. The largest absolute Gasteiger partial charge is 0.467 e. The number of piperidine rings is 1. The Morgan fingerprint density at radius 2 is 2.00 bits per heavy atom. The Labute approximate surface area is 105 Å². The molecule has 7 heteroatoms. The molecule has 0 saturated carbocycles. The van der Waals surface area contributed by atoms with Crippen molar-refractivity contribution in [3.8, 4) is 6.01 Å². The van der Waals surface area contributed by atoms with E-state index in [1.807, 2.05) is 0 Å². The number of nitrogens with one attached hydrogen (secondary N) is 2. The third kappa shape index (κ3) is 3.17.